The lowest BCUT2D eigenvalue weighted by Gasteiger charge is -2.25. The Kier molecular flexibility index (Phi) is 6.65. The molecule has 1 aliphatic heterocycles. The molecule has 2 amide bonds. The molecule has 1 saturated heterocycles. The van der Waals surface area contributed by atoms with Crippen LogP contribution in [0.25, 0.3) is 0 Å². The quantitative estimate of drug-likeness (QED) is 0.785. The summed E-state index contributed by atoms with van der Waals surface area (Å²) in [6, 6.07) is 6.02. The van der Waals surface area contributed by atoms with Gasteiger partial charge in [-0.15, -0.1) is 0 Å². The van der Waals surface area contributed by atoms with Gasteiger partial charge in [-0.2, -0.15) is 0 Å². The number of nitrogens with zero attached hydrogens (tertiary/aromatic N) is 3. The van der Waals surface area contributed by atoms with Crippen LogP contribution in [0.5, 0.6) is 0 Å². The molecule has 2 heterocycles. The van der Waals surface area contributed by atoms with Gasteiger partial charge in [0, 0.05) is 37.9 Å². The number of pyridine rings is 1. The van der Waals surface area contributed by atoms with Crippen molar-refractivity contribution in [3.05, 3.63) is 30.1 Å². The summed E-state index contributed by atoms with van der Waals surface area (Å²) < 4.78 is 0. The van der Waals surface area contributed by atoms with E-state index < -0.39 is 0 Å². The Bertz CT molecular complexity index is 445. The van der Waals surface area contributed by atoms with E-state index in [4.69, 9.17) is 0 Å². The molecule has 0 aromatic carbocycles. The summed E-state index contributed by atoms with van der Waals surface area (Å²) in [5.41, 5.74) is 1.02. The summed E-state index contributed by atoms with van der Waals surface area (Å²) in [7, 11) is 1.85. The molecule has 5 heteroatoms. The summed E-state index contributed by atoms with van der Waals surface area (Å²) in [4.78, 5) is 20.7. The van der Waals surface area contributed by atoms with Gasteiger partial charge < -0.3 is 15.1 Å². The van der Waals surface area contributed by atoms with Crippen molar-refractivity contribution in [1.82, 2.24) is 20.1 Å². The fourth-order valence-corrected chi connectivity index (χ4v) is 2.79. The number of carbonyl (C=O) groups excluding carboxylic acids is 1. The molecule has 22 heavy (non-hydrogen) atoms. The number of nitrogens with one attached hydrogen (secondary N) is 1. The molecule has 0 aliphatic carbocycles. The monoisotopic (exact) mass is 304 g/mol. The van der Waals surface area contributed by atoms with Gasteiger partial charge >= 0.3 is 6.03 Å². The molecular formula is C17H28N4O. The molecule has 0 bridgehead atoms. The van der Waals surface area contributed by atoms with Crippen molar-refractivity contribution in [3.63, 3.8) is 0 Å². The van der Waals surface area contributed by atoms with Crippen LogP contribution in [0.4, 0.5) is 4.79 Å². The van der Waals surface area contributed by atoms with Crippen LogP contribution in [0.1, 0.15) is 31.9 Å². The Balaban J connectivity index is 1.65. The molecule has 1 N–H and O–H groups in total. The molecule has 0 radical (unpaired) electrons. The molecule has 0 spiro atoms. The van der Waals surface area contributed by atoms with Gasteiger partial charge in [0.2, 0.25) is 0 Å². The van der Waals surface area contributed by atoms with Gasteiger partial charge in [-0.3, -0.25) is 4.98 Å². The standard InChI is InChI=1S/C17H28N4O/c1-15(14-16-8-3-4-9-18-16)20(2)17(22)19-10-7-13-21-11-5-6-12-21/h3-4,8-9,15H,5-7,10-14H2,1-2H3,(H,19,22)/t15-/m0/s1. The second kappa shape index (κ2) is 8.73. The van der Waals surface area contributed by atoms with E-state index in [1.54, 1.807) is 11.1 Å². The van der Waals surface area contributed by atoms with Gasteiger partial charge in [-0.25, -0.2) is 4.79 Å². The van der Waals surface area contributed by atoms with Crippen molar-refractivity contribution in [2.75, 3.05) is 33.2 Å². The average molecular weight is 304 g/mol. The van der Waals surface area contributed by atoms with E-state index in [1.807, 2.05) is 25.2 Å². The van der Waals surface area contributed by atoms with E-state index in [1.165, 1.54) is 25.9 Å². The third kappa shape index (κ3) is 5.30. The summed E-state index contributed by atoms with van der Waals surface area (Å²) in [6.45, 7) is 6.33. The summed E-state index contributed by atoms with van der Waals surface area (Å²) >= 11 is 0. The second-order valence-electron chi connectivity index (χ2n) is 6.12. The fourth-order valence-electron chi connectivity index (χ4n) is 2.79. The average Bonchev–Trinajstić information content (AvgIpc) is 3.05. The van der Waals surface area contributed by atoms with E-state index in [9.17, 15) is 4.79 Å². The predicted molar refractivity (Wildman–Crippen MR) is 88.9 cm³/mol. The molecule has 1 aromatic heterocycles. The van der Waals surface area contributed by atoms with Crippen molar-refractivity contribution in [2.24, 2.45) is 0 Å². The zero-order valence-corrected chi connectivity index (χ0v) is 13.8. The van der Waals surface area contributed by atoms with Crippen LogP contribution >= 0.6 is 0 Å². The number of rotatable bonds is 7. The first-order chi connectivity index (χ1) is 10.7. The number of hydrogen-bond acceptors (Lipinski definition) is 3. The summed E-state index contributed by atoms with van der Waals surface area (Å²) in [5, 5.41) is 3.01. The van der Waals surface area contributed by atoms with Gasteiger partial charge in [0.1, 0.15) is 0 Å². The molecule has 0 unspecified atom stereocenters. The molecule has 122 valence electrons. The minimum Gasteiger partial charge on any atom is -0.338 e. The van der Waals surface area contributed by atoms with Crippen molar-refractivity contribution in [3.8, 4) is 0 Å². The zero-order valence-electron chi connectivity index (χ0n) is 13.8. The third-order valence-electron chi connectivity index (χ3n) is 4.34. The van der Waals surface area contributed by atoms with Gasteiger partial charge in [0.05, 0.1) is 0 Å². The Morgan fingerprint density at radius 1 is 1.41 bits per heavy atom. The minimum atomic E-state index is 0.00449. The molecule has 2 rings (SSSR count). The minimum absolute atomic E-state index is 0.00449. The largest absolute Gasteiger partial charge is 0.338 e. The highest BCUT2D eigenvalue weighted by Crippen LogP contribution is 2.07. The maximum absolute atomic E-state index is 12.2. The number of aromatic nitrogens is 1. The van der Waals surface area contributed by atoms with Crippen molar-refractivity contribution in [1.29, 1.82) is 0 Å². The third-order valence-corrected chi connectivity index (χ3v) is 4.34. The lowest BCUT2D eigenvalue weighted by atomic mass is 10.1. The summed E-state index contributed by atoms with van der Waals surface area (Å²) in [5.74, 6) is 0. The normalized spacial score (nSPS) is 16.5. The smallest absolute Gasteiger partial charge is 0.317 e. The number of likely N-dealkylation sites (tertiary alicyclic amines) is 1. The number of amides is 2. The Hall–Kier alpha value is -1.62. The summed E-state index contributed by atoms with van der Waals surface area (Å²) in [6.07, 6.45) is 6.23. The fraction of sp³-hybridized carbons (Fsp3) is 0.647. The molecule has 5 nitrogen and oxygen atoms in total. The van der Waals surface area contributed by atoms with E-state index in [2.05, 4.69) is 22.1 Å². The lowest BCUT2D eigenvalue weighted by Crippen LogP contribution is -2.44. The number of likely N-dealkylation sites (N-methyl/N-ethyl adjacent to an activating group) is 1. The molecule has 1 aliphatic rings. The van der Waals surface area contributed by atoms with Crippen LogP contribution < -0.4 is 5.32 Å². The second-order valence-corrected chi connectivity index (χ2v) is 6.12. The van der Waals surface area contributed by atoms with Crippen molar-refractivity contribution in [2.45, 2.75) is 38.6 Å². The van der Waals surface area contributed by atoms with Crippen LogP contribution in [0, 0.1) is 0 Å². The van der Waals surface area contributed by atoms with Crippen molar-refractivity contribution < 1.29 is 4.79 Å². The van der Waals surface area contributed by atoms with E-state index >= 15 is 0 Å². The Morgan fingerprint density at radius 2 is 2.18 bits per heavy atom. The van der Waals surface area contributed by atoms with Gasteiger partial charge in [-0.1, -0.05) is 6.07 Å². The van der Waals surface area contributed by atoms with Crippen molar-refractivity contribution >= 4 is 6.03 Å². The predicted octanol–water partition coefficient (Wildman–Crippen LogP) is 2.14. The number of hydrogen-bond donors (Lipinski definition) is 1. The highest BCUT2D eigenvalue weighted by Gasteiger charge is 2.16. The molecular weight excluding hydrogens is 276 g/mol. The molecule has 0 saturated carbocycles. The highest BCUT2D eigenvalue weighted by molar-refractivity contribution is 5.74. The maximum atomic E-state index is 12.2. The van der Waals surface area contributed by atoms with E-state index in [-0.39, 0.29) is 12.1 Å². The van der Waals surface area contributed by atoms with Crippen LogP contribution in [0.15, 0.2) is 24.4 Å². The molecule has 1 atom stereocenters. The van der Waals surface area contributed by atoms with E-state index in [0.29, 0.717) is 0 Å². The first-order valence-electron chi connectivity index (χ1n) is 8.30. The highest BCUT2D eigenvalue weighted by atomic mass is 16.2. The van der Waals surface area contributed by atoms with E-state index in [0.717, 1.165) is 31.6 Å². The molecule has 1 fully saturated rings. The van der Waals surface area contributed by atoms with Crippen LogP contribution in [-0.4, -0.2) is 60.1 Å². The van der Waals surface area contributed by atoms with Gasteiger partial charge in [0.15, 0.2) is 0 Å². The number of urea groups is 1. The molecule has 1 aromatic rings. The van der Waals surface area contributed by atoms with Crippen LogP contribution in [0.2, 0.25) is 0 Å². The Labute approximate surface area is 133 Å². The van der Waals surface area contributed by atoms with Crippen LogP contribution in [-0.2, 0) is 6.42 Å². The number of carbonyl (C=O) groups is 1. The van der Waals surface area contributed by atoms with Gasteiger partial charge in [-0.05, 0) is 58.0 Å². The SMILES string of the molecule is C[C@@H](Cc1ccccn1)N(C)C(=O)NCCCN1CCCC1. The maximum Gasteiger partial charge on any atom is 0.317 e. The first kappa shape index (κ1) is 16.7. The van der Waals surface area contributed by atoms with Gasteiger partial charge in [0.25, 0.3) is 0 Å². The lowest BCUT2D eigenvalue weighted by molar-refractivity contribution is 0.192. The Morgan fingerprint density at radius 3 is 2.86 bits per heavy atom. The van der Waals surface area contributed by atoms with Crippen LogP contribution in [0.3, 0.4) is 0 Å². The topological polar surface area (TPSA) is 48.5 Å². The first-order valence-corrected chi connectivity index (χ1v) is 8.30. The zero-order chi connectivity index (χ0) is 15.8.